The molecule has 0 saturated heterocycles. The Hall–Kier alpha value is -1.71. The SMILES string of the molecule is Cc1ccc(OCCNC(=O)NCCC(C)C)c(C)c1. The zero-order valence-electron chi connectivity index (χ0n) is 13.0. The molecule has 112 valence electrons. The summed E-state index contributed by atoms with van der Waals surface area (Å²) in [5.74, 6) is 1.47. The summed E-state index contributed by atoms with van der Waals surface area (Å²) in [6, 6.07) is 5.94. The molecule has 0 saturated carbocycles. The number of ether oxygens (including phenoxy) is 1. The van der Waals surface area contributed by atoms with Crippen molar-refractivity contribution in [3.8, 4) is 5.75 Å². The standard InChI is InChI=1S/C16H26N2O2/c1-12(2)7-8-17-16(19)18-9-10-20-15-6-5-13(3)11-14(15)4/h5-6,11-12H,7-10H2,1-4H3,(H2,17,18,19). The van der Waals surface area contributed by atoms with Crippen LogP contribution in [-0.2, 0) is 0 Å². The molecular formula is C16H26N2O2. The number of hydrogen-bond donors (Lipinski definition) is 2. The first-order chi connectivity index (χ1) is 9.49. The average Bonchev–Trinajstić information content (AvgIpc) is 2.36. The van der Waals surface area contributed by atoms with Crippen LogP contribution in [0.1, 0.15) is 31.4 Å². The Morgan fingerprint density at radius 3 is 2.55 bits per heavy atom. The lowest BCUT2D eigenvalue weighted by Crippen LogP contribution is -2.38. The summed E-state index contributed by atoms with van der Waals surface area (Å²) >= 11 is 0. The minimum Gasteiger partial charge on any atom is -0.491 e. The van der Waals surface area contributed by atoms with E-state index in [1.807, 2.05) is 19.1 Å². The van der Waals surface area contributed by atoms with E-state index in [9.17, 15) is 4.79 Å². The molecule has 0 aliphatic rings. The molecule has 2 amide bonds. The molecule has 0 heterocycles. The van der Waals surface area contributed by atoms with Crippen LogP contribution in [-0.4, -0.2) is 25.7 Å². The van der Waals surface area contributed by atoms with Crippen LogP contribution >= 0.6 is 0 Å². The minimum absolute atomic E-state index is 0.130. The third kappa shape index (κ3) is 6.45. The largest absolute Gasteiger partial charge is 0.491 e. The fourth-order valence-corrected chi connectivity index (χ4v) is 1.82. The van der Waals surface area contributed by atoms with E-state index in [1.54, 1.807) is 0 Å². The molecule has 0 unspecified atom stereocenters. The number of carbonyl (C=O) groups is 1. The van der Waals surface area contributed by atoms with Crippen LogP contribution in [0.5, 0.6) is 5.75 Å². The Bertz CT molecular complexity index is 430. The van der Waals surface area contributed by atoms with Gasteiger partial charge in [-0.3, -0.25) is 0 Å². The Balaban J connectivity index is 2.16. The molecule has 0 aromatic heterocycles. The third-order valence-electron chi connectivity index (χ3n) is 2.98. The first kappa shape index (κ1) is 16.3. The lowest BCUT2D eigenvalue weighted by atomic mass is 10.1. The molecule has 0 aliphatic carbocycles. The summed E-state index contributed by atoms with van der Waals surface area (Å²) in [7, 11) is 0. The molecule has 2 N–H and O–H groups in total. The van der Waals surface area contributed by atoms with E-state index in [0.717, 1.165) is 17.7 Å². The van der Waals surface area contributed by atoms with Gasteiger partial charge in [0.25, 0.3) is 0 Å². The summed E-state index contributed by atoms with van der Waals surface area (Å²) in [6.07, 6.45) is 0.993. The van der Waals surface area contributed by atoms with Gasteiger partial charge in [-0.25, -0.2) is 4.79 Å². The van der Waals surface area contributed by atoms with Gasteiger partial charge in [0.15, 0.2) is 0 Å². The number of rotatable bonds is 7. The van der Waals surface area contributed by atoms with E-state index in [2.05, 4.69) is 37.5 Å². The first-order valence-electron chi connectivity index (χ1n) is 7.21. The molecule has 1 aromatic carbocycles. The summed E-state index contributed by atoms with van der Waals surface area (Å²) in [5, 5.41) is 5.61. The molecule has 0 spiro atoms. The molecule has 1 rings (SSSR count). The van der Waals surface area contributed by atoms with Crippen molar-refractivity contribution in [2.24, 2.45) is 5.92 Å². The van der Waals surface area contributed by atoms with Crippen molar-refractivity contribution in [3.05, 3.63) is 29.3 Å². The monoisotopic (exact) mass is 278 g/mol. The van der Waals surface area contributed by atoms with Gasteiger partial charge in [-0.15, -0.1) is 0 Å². The maximum absolute atomic E-state index is 11.5. The number of urea groups is 1. The van der Waals surface area contributed by atoms with Crippen molar-refractivity contribution >= 4 is 6.03 Å². The summed E-state index contributed by atoms with van der Waals surface area (Å²) in [4.78, 5) is 11.5. The molecule has 0 atom stereocenters. The fraction of sp³-hybridized carbons (Fsp3) is 0.562. The molecule has 4 nitrogen and oxygen atoms in total. The van der Waals surface area contributed by atoms with Crippen LogP contribution in [0.25, 0.3) is 0 Å². The van der Waals surface area contributed by atoms with Gasteiger partial charge < -0.3 is 15.4 Å². The van der Waals surface area contributed by atoms with Crippen molar-refractivity contribution in [1.82, 2.24) is 10.6 Å². The molecule has 1 aromatic rings. The minimum atomic E-state index is -0.130. The zero-order chi connectivity index (χ0) is 15.0. The number of nitrogens with one attached hydrogen (secondary N) is 2. The maximum atomic E-state index is 11.5. The van der Waals surface area contributed by atoms with Gasteiger partial charge in [0, 0.05) is 6.54 Å². The maximum Gasteiger partial charge on any atom is 0.314 e. The lowest BCUT2D eigenvalue weighted by Gasteiger charge is -2.11. The lowest BCUT2D eigenvalue weighted by molar-refractivity contribution is 0.236. The Morgan fingerprint density at radius 1 is 1.20 bits per heavy atom. The van der Waals surface area contributed by atoms with Crippen LogP contribution in [0.3, 0.4) is 0 Å². The third-order valence-corrected chi connectivity index (χ3v) is 2.98. The van der Waals surface area contributed by atoms with Crippen molar-refractivity contribution in [1.29, 1.82) is 0 Å². The van der Waals surface area contributed by atoms with Crippen molar-refractivity contribution in [2.75, 3.05) is 19.7 Å². The zero-order valence-corrected chi connectivity index (χ0v) is 13.0. The second-order valence-corrected chi connectivity index (χ2v) is 5.48. The summed E-state index contributed by atoms with van der Waals surface area (Å²) < 4.78 is 5.64. The number of benzene rings is 1. The summed E-state index contributed by atoms with van der Waals surface area (Å²) in [5.41, 5.74) is 2.34. The number of aryl methyl sites for hydroxylation is 2. The molecular weight excluding hydrogens is 252 g/mol. The van der Waals surface area contributed by atoms with E-state index in [1.165, 1.54) is 5.56 Å². The van der Waals surface area contributed by atoms with Crippen LogP contribution in [0.2, 0.25) is 0 Å². The molecule has 0 fully saturated rings. The predicted molar refractivity (Wildman–Crippen MR) is 82.3 cm³/mol. The van der Waals surface area contributed by atoms with Gasteiger partial charge in [-0.1, -0.05) is 31.5 Å². The van der Waals surface area contributed by atoms with Crippen LogP contribution < -0.4 is 15.4 Å². The second kappa shape index (κ2) is 8.46. The molecule has 0 aliphatic heterocycles. The number of amides is 2. The van der Waals surface area contributed by atoms with Crippen molar-refractivity contribution in [3.63, 3.8) is 0 Å². The Kier molecular flexibility index (Phi) is 6.91. The quantitative estimate of drug-likeness (QED) is 0.753. The van der Waals surface area contributed by atoms with Gasteiger partial charge in [0.05, 0.1) is 6.54 Å². The first-order valence-corrected chi connectivity index (χ1v) is 7.21. The topological polar surface area (TPSA) is 50.4 Å². The molecule has 0 bridgehead atoms. The van der Waals surface area contributed by atoms with Crippen LogP contribution in [0.15, 0.2) is 18.2 Å². The van der Waals surface area contributed by atoms with E-state index in [-0.39, 0.29) is 6.03 Å². The Labute approximate surface area is 121 Å². The van der Waals surface area contributed by atoms with Gasteiger partial charge in [-0.2, -0.15) is 0 Å². The predicted octanol–water partition coefficient (Wildman–Crippen LogP) is 3.03. The Morgan fingerprint density at radius 2 is 1.90 bits per heavy atom. The highest BCUT2D eigenvalue weighted by atomic mass is 16.5. The van der Waals surface area contributed by atoms with Crippen molar-refractivity contribution in [2.45, 2.75) is 34.1 Å². The highest BCUT2D eigenvalue weighted by Gasteiger charge is 2.02. The van der Waals surface area contributed by atoms with Gasteiger partial charge in [0.2, 0.25) is 0 Å². The molecule has 0 radical (unpaired) electrons. The molecule has 4 heteroatoms. The molecule has 20 heavy (non-hydrogen) atoms. The van der Waals surface area contributed by atoms with Crippen molar-refractivity contribution < 1.29 is 9.53 Å². The highest BCUT2D eigenvalue weighted by Crippen LogP contribution is 2.18. The van der Waals surface area contributed by atoms with E-state index < -0.39 is 0 Å². The van der Waals surface area contributed by atoms with Crippen LogP contribution in [0, 0.1) is 19.8 Å². The smallest absolute Gasteiger partial charge is 0.314 e. The van der Waals surface area contributed by atoms with E-state index >= 15 is 0 Å². The second-order valence-electron chi connectivity index (χ2n) is 5.48. The highest BCUT2D eigenvalue weighted by molar-refractivity contribution is 5.73. The van der Waals surface area contributed by atoms with Crippen LogP contribution in [0.4, 0.5) is 4.79 Å². The van der Waals surface area contributed by atoms with Gasteiger partial charge in [0.1, 0.15) is 12.4 Å². The normalized spacial score (nSPS) is 10.4. The van der Waals surface area contributed by atoms with E-state index in [4.69, 9.17) is 4.74 Å². The van der Waals surface area contributed by atoms with Gasteiger partial charge >= 0.3 is 6.03 Å². The average molecular weight is 278 g/mol. The van der Waals surface area contributed by atoms with E-state index in [0.29, 0.717) is 25.6 Å². The van der Waals surface area contributed by atoms with Gasteiger partial charge in [-0.05, 0) is 37.8 Å². The number of carbonyl (C=O) groups excluding carboxylic acids is 1. The number of hydrogen-bond acceptors (Lipinski definition) is 2. The fourth-order valence-electron chi connectivity index (χ4n) is 1.82. The summed E-state index contributed by atoms with van der Waals surface area (Å²) in [6.45, 7) is 10.0.